The Balaban J connectivity index is 0.000000361. The first kappa shape index (κ1) is 28.0. The Morgan fingerprint density at radius 2 is 1.24 bits per heavy atom. The first-order valence-electron chi connectivity index (χ1n) is 10.4. The van der Waals surface area contributed by atoms with E-state index in [0.29, 0.717) is 13.2 Å². The summed E-state index contributed by atoms with van der Waals surface area (Å²) in [5.41, 5.74) is -0.101. The molecule has 2 aromatic carbocycles. The number of nitrogens with zero attached hydrogens (tertiary/aromatic N) is 2. The fourth-order valence-electron chi connectivity index (χ4n) is 2.28. The molecule has 0 saturated carbocycles. The van der Waals surface area contributed by atoms with Crippen LogP contribution >= 0.6 is 0 Å². The molecule has 0 aliphatic carbocycles. The lowest BCUT2D eigenvalue weighted by Crippen LogP contribution is -2.41. The average Bonchev–Trinajstić information content (AvgIpc) is 2.75. The lowest BCUT2D eigenvalue weighted by molar-refractivity contribution is -0.386. The van der Waals surface area contributed by atoms with Crippen molar-refractivity contribution in [3.8, 4) is 11.5 Å². The molecule has 2 rings (SSSR count). The smallest absolute Gasteiger partial charge is 0.310 e. The van der Waals surface area contributed by atoms with Crippen LogP contribution in [0.5, 0.6) is 11.5 Å². The highest BCUT2D eigenvalue weighted by atomic mass is 28.4. The van der Waals surface area contributed by atoms with Crippen molar-refractivity contribution in [2.24, 2.45) is 0 Å². The Kier molecular flexibility index (Phi) is 10.9. The molecule has 0 atom stereocenters. The van der Waals surface area contributed by atoms with Crippen LogP contribution in [-0.2, 0) is 4.43 Å². The number of aliphatic hydroxyl groups excluding tert-OH is 1. The van der Waals surface area contributed by atoms with Gasteiger partial charge in [-0.25, -0.2) is 0 Å². The Hall–Kier alpha value is -3.02. The standard InChI is InChI=1S/C14H23NO4Si.C8H9NO4/c1-14(2,3)20(4,5)19-11-10-18-13-9-7-6-8-12(13)15(16)17;10-5-6-13-8-4-2-1-3-7(8)9(11)12/h6-9H,10-11H2,1-5H3;1-4,10H,5-6H2. The molecule has 182 valence electrons. The molecule has 33 heavy (non-hydrogen) atoms. The van der Waals surface area contributed by atoms with E-state index in [1.165, 1.54) is 18.2 Å². The van der Waals surface area contributed by atoms with Crippen molar-refractivity contribution in [3.63, 3.8) is 0 Å². The monoisotopic (exact) mass is 480 g/mol. The number of ether oxygens (including phenoxy) is 2. The third-order valence-electron chi connectivity index (χ3n) is 5.08. The van der Waals surface area contributed by atoms with Gasteiger partial charge in [-0.1, -0.05) is 45.0 Å². The van der Waals surface area contributed by atoms with Gasteiger partial charge in [0.2, 0.25) is 0 Å². The lowest BCUT2D eigenvalue weighted by atomic mass is 10.2. The predicted octanol–water partition coefficient (Wildman–Crippen LogP) is 4.96. The minimum absolute atomic E-state index is 0.0140. The van der Waals surface area contributed by atoms with Gasteiger partial charge in [0.15, 0.2) is 19.8 Å². The van der Waals surface area contributed by atoms with Crippen LogP contribution in [0.15, 0.2) is 48.5 Å². The molecule has 0 aromatic heterocycles. The molecule has 0 amide bonds. The summed E-state index contributed by atoms with van der Waals surface area (Å²) in [5.74, 6) is 0.470. The van der Waals surface area contributed by atoms with Gasteiger partial charge in [-0.05, 0) is 30.3 Å². The Bertz CT molecular complexity index is 915. The quantitative estimate of drug-likeness (QED) is 0.218. The Labute approximate surface area is 194 Å². The van der Waals surface area contributed by atoms with Crippen LogP contribution in [0.3, 0.4) is 0 Å². The summed E-state index contributed by atoms with van der Waals surface area (Å²) in [6.07, 6.45) is 0. The highest BCUT2D eigenvalue weighted by Crippen LogP contribution is 2.36. The first-order valence-corrected chi connectivity index (χ1v) is 13.3. The second-order valence-corrected chi connectivity index (χ2v) is 13.3. The van der Waals surface area contributed by atoms with Crippen molar-refractivity contribution < 1.29 is 28.9 Å². The maximum Gasteiger partial charge on any atom is 0.310 e. The van der Waals surface area contributed by atoms with Gasteiger partial charge in [0.1, 0.15) is 13.2 Å². The van der Waals surface area contributed by atoms with Crippen molar-refractivity contribution in [2.45, 2.75) is 38.9 Å². The molecule has 0 heterocycles. The van der Waals surface area contributed by atoms with E-state index in [1.807, 2.05) is 0 Å². The maximum absolute atomic E-state index is 10.8. The molecule has 0 aliphatic heterocycles. The topological polar surface area (TPSA) is 134 Å². The molecule has 0 fully saturated rings. The zero-order valence-corrected chi connectivity index (χ0v) is 20.6. The van der Waals surface area contributed by atoms with Crippen molar-refractivity contribution in [2.75, 3.05) is 26.4 Å². The molecule has 2 aromatic rings. The SMILES string of the molecule is CC(C)(C)[Si](C)(C)OCCOc1ccccc1[N+](=O)[O-].O=[N+]([O-])c1ccccc1OCCO. The molecule has 0 spiro atoms. The molecular formula is C22H32N2O8Si. The third kappa shape index (κ3) is 9.16. The van der Waals surface area contributed by atoms with E-state index in [4.69, 9.17) is 19.0 Å². The van der Waals surface area contributed by atoms with Gasteiger partial charge in [0.05, 0.1) is 23.1 Å². The summed E-state index contributed by atoms with van der Waals surface area (Å²) >= 11 is 0. The summed E-state index contributed by atoms with van der Waals surface area (Å²) < 4.78 is 16.4. The van der Waals surface area contributed by atoms with E-state index in [-0.39, 0.29) is 41.1 Å². The predicted molar refractivity (Wildman–Crippen MR) is 127 cm³/mol. The summed E-state index contributed by atoms with van der Waals surface area (Å²) in [6.45, 7) is 11.5. The number of para-hydroxylation sites is 4. The van der Waals surface area contributed by atoms with Crippen LogP contribution in [0.4, 0.5) is 11.4 Å². The van der Waals surface area contributed by atoms with Crippen molar-refractivity contribution in [1.29, 1.82) is 0 Å². The first-order chi connectivity index (χ1) is 15.4. The van der Waals surface area contributed by atoms with Crippen LogP contribution < -0.4 is 9.47 Å². The minimum Gasteiger partial charge on any atom is -0.484 e. The van der Waals surface area contributed by atoms with Gasteiger partial charge >= 0.3 is 11.4 Å². The summed E-state index contributed by atoms with van der Waals surface area (Å²) in [7, 11) is -1.79. The molecule has 10 nitrogen and oxygen atoms in total. The van der Waals surface area contributed by atoms with Crippen LogP contribution in [-0.4, -0.2) is 49.7 Å². The van der Waals surface area contributed by atoms with Crippen LogP contribution in [0, 0.1) is 20.2 Å². The van der Waals surface area contributed by atoms with Crippen LogP contribution in [0.1, 0.15) is 20.8 Å². The van der Waals surface area contributed by atoms with Gasteiger partial charge in [-0.2, -0.15) is 0 Å². The number of benzene rings is 2. The van der Waals surface area contributed by atoms with E-state index in [2.05, 4.69) is 33.9 Å². The molecule has 11 heteroatoms. The fraction of sp³-hybridized carbons (Fsp3) is 0.455. The number of rotatable bonds is 10. The highest BCUT2D eigenvalue weighted by molar-refractivity contribution is 6.74. The van der Waals surface area contributed by atoms with Crippen molar-refractivity contribution in [1.82, 2.24) is 0 Å². The summed E-state index contributed by atoms with van der Waals surface area (Å²) in [6, 6.07) is 12.4. The lowest BCUT2D eigenvalue weighted by Gasteiger charge is -2.36. The number of nitro groups is 2. The third-order valence-corrected chi connectivity index (χ3v) is 9.62. The van der Waals surface area contributed by atoms with E-state index in [0.717, 1.165) is 0 Å². The second-order valence-electron chi connectivity index (χ2n) is 8.48. The van der Waals surface area contributed by atoms with E-state index >= 15 is 0 Å². The average molecular weight is 481 g/mol. The Morgan fingerprint density at radius 3 is 1.64 bits per heavy atom. The van der Waals surface area contributed by atoms with Gasteiger partial charge in [0.25, 0.3) is 0 Å². The molecule has 0 radical (unpaired) electrons. The fourth-order valence-corrected chi connectivity index (χ4v) is 3.31. The number of nitro benzene ring substituents is 2. The van der Waals surface area contributed by atoms with E-state index in [1.54, 1.807) is 30.3 Å². The van der Waals surface area contributed by atoms with E-state index < -0.39 is 18.2 Å². The second kappa shape index (κ2) is 12.9. The molecule has 0 unspecified atom stereocenters. The number of aliphatic hydroxyl groups is 1. The molecule has 0 saturated heterocycles. The molecule has 0 bridgehead atoms. The van der Waals surface area contributed by atoms with Gasteiger partial charge in [-0.3, -0.25) is 20.2 Å². The summed E-state index contributed by atoms with van der Waals surface area (Å²) in [5, 5.41) is 29.9. The normalized spacial score (nSPS) is 11.2. The van der Waals surface area contributed by atoms with Crippen LogP contribution in [0.2, 0.25) is 18.1 Å². The van der Waals surface area contributed by atoms with E-state index in [9.17, 15) is 20.2 Å². The van der Waals surface area contributed by atoms with Crippen LogP contribution in [0.25, 0.3) is 0 Å². The molecular weight excluding hydrogens is 448 g/mol. The maximum atomic E-state index is 10.8. The van der Waals surface area contributed by atoms with Crippen molar-refractivity contribution in [3.05, 3.63) is 68.8 Å². The largest absolute Gasteiger partial charge is 0.484 e. The summed E-state index contributed by atoms with van der Waals surface area (Å²) in [4.78, 5) is 20.3. The Morgan fingerprint density at radius 1 is 0.818 bits per heavy atom. The number of hydrogen-bond donors (Lipinski definition) is 1. The molecule has 1 N–H and O–H groups in total. The van der Waals surface area contributed by atoms with Gasteiger partial charge < -0.3 is 19.0 Å². The van der Waals surface area contributed by atoms with Crippen molar-refractivity contribution >= 4 is 19.7 Å². The highest BCUT2D eigenvalue weighted by Gasteiger charge is 2.36. The molecule has 0 aliphatic rings. The zero-order chi connectivity index (χ0) is 25.1. The minimum atomic E-state index is -1.79. The zero-order valence-electron chi connectivity index (χ0n) is 19.6. The number of hydrogen-bond acceptors (Lipinski definition) is 8. The van der Waals surface area contributed by atoms with Gasteiger partial charge in [-0.15, -0.1) is 0 Å². The van der Waals surface area contributed by atoms with Gasteiger partial charge in [0, 0.05) is 12.1 Å².